The van der Waals surface area contributed by atoms with E-state index in [1.54, 1.807) is 17.0 Å². The normalized spacial score (nSPS) is 11.0. The third-order valence-electron chi connectivity index (χ3n) is 4.22. The molecule has 0 aliphatic heterocycles. The molecule has 3 aromatic rings. The molecule has 0 unspecified atom stereocenters. The number of hydrazone groups is 1. The van der Waals surface area contributed by atoms with Crippen molar-refractivity contribution in [2.75, 3.05) is 5.43 Å². The summed E-state index contributed by atoms with van der Waals surface area (Å²) >= 11 is 0. The lowest BCUT2D eigenvalue weighted by Gasteiger charge is -2.07. The fraction of sp³-hybridized carbons (Fsp3) is 0.0526. The first kappa shape index (κ1) is 21.0. The number of benzene rings is 2. The smallest absolute Gasteiger partial charge is 0.271 e. The van der Waals surface area contributed by atoms with Gasteiger partial charge >= 0.3 is 5.69 Å². The molecule has 0 aliphatic carbocycles. The molecule has 0 radical (unpaired) electrons. The summed E-state index contributed by atoms with van der Waals surface area (Å²) in [6, 6.07) is 14.3. The highest BCUT2D eigenvalue weighted by Gasteiger charge is 2.20. The second kappa shape index (κ2) is 9.17. The van der Waals surface area contributed by atoms with E-state index in [0.717, 1.165) is 12.1 Å². The number of nitro groups is 3. The Morgan fingerprint density at radius 1 is 0.839 bits per heavy atom. The summed E-state index contributed by atoms with van der Waals surface area (Å²) < 4.78 is 1.80. The van der Waals surface area contributed by atoms with Crippen LogP contribution in [0.25, 0.3) is 0 Å². The molecule has 0 amide bonds. The first-order valence-corrected chi connectivity index (χ1v) is 8.79. The molecule has 0 atom stereocenters. The van der Waals surface area contributed by atoms with Crippen molar-refractivity contribution >= 4 is 28.5 Å². The summed E-state index contributed by atoms with van der Waals surface area (Å²) in [5.74, 6) is 0. The first-order valence-electron chi connectivity index (χ1n) is 8.79. The standard InChI is InChI=1S/C19H15N6O6/c26-23(27)15-6-4-14(5-7-15)18(13-22-10-2-1-3-11-22)21-20-17-9-8-16(24(28)29)12-19(17)25(30)31/h1-12,20H,13H2/q+1/b21-18-. The predicted molar refractivity (Wildman–Crippen MR) is 110 cm³/mol. The maximum Gasteiger partial charge on any atom is 0.301 e. The molecule has 156 valence electrons. The van der Waals surface area contributed by atoms with Crippen LogP contribution in [0.1, 0.15) is 5.56 Å². The van der Waals surface area contributed by atoms with Crippen LogP contribution in [-0.4, -0.2) is 20.5 Å². The number of pyridine rings is 1. The van der Waals surface area contributed by atoms with Gasteiger partial charge in [-0.3, -0.25) is 35.8 Å². The van der Waals surface area contributed by atoms with Gasteiger partial charge in [0.05, 0.1) is 20.8 Å². The van der Waals surface area contributed by atoms with Gasteiger partial charge in [-0.05, 0) is 18.2 Å². The van der Waals surface area contributed by atoms with Crippen LogP contribution in [0.5, 0.6) is 0 Å². The number of rotatable bonds is 8. The van der Waals surface area contributed by atoms with E-state index in [1.165, 1.54) is 30.3 Å². The van der Waals surface area contributed by atoms with Crippen molar-refractivity contribution in [2.45, 2.75) is 6.54 Å². The highest BCUT2D eigenvalue weighted by atomic mass is 16.6. The molecular formula is C19H15N6O6+. The Balaban J connectivity index is 1.98. The monoisotopic (exact) mass is 423 g/mol. The minimum Gasteiger partial charge on any atom is -0.271 e. The molecule has 0 aliphatic rings. The molecule has 0 spiro atoms. The summed E-state index contributed by atoms with van der Waals surface area (Å²) in [5.41, 5.74) is 2.53. The Hall–Kier alpha value is -4.74. The van der Waals surface area contributed by atoms with Crippen LogP contribution in [0.15, 0.2) is 78.2 Å². The number of hydrogen-bond donors (Lipinski definition) is 1. The van der Waals surface area contributed by atoms with E-state index in [0.29, 0.717) is 11.3 Å². The highest BCUT2D eigenvalue weighted by Crippen LogP contribution is 2.29. The molecule has 12 nitrogen and oxygen atoms in total. The molecule has 1 N–H and O–H groups in total. The average Bonchev–Trinajstić information content (AvgIpc) is 2.77. The number of nitrogens with zero attached hydrogens (tertiary/aromatic N) is 5. The molecule has 0 saturated carbocycles. The number of hydrogen-bond acceptors (Lipinski definition) is 8. The Kier molecular flexibility index (Phi) is 6.21. The molecule has 0 fully saturated rings. The molecule has 2 aromatic carbocycles. The van der Waals surface area contributed by atoms with Crippen molar-refractivity contribution in [3.05, 3.63) is 109 Å². The van der Waals surface area contributed by atoms with Crippen LogP contribution in [-0.2, 0) is 6.54 Å². The Labute approximate surface area is 174 Å². The molecule has 1 aromatic heterocycles. The minimum absolute atomic E-state index is 0.0342. The van der Waals surface area contributed by atoms with Crippen LogP contribution >= 0.6 is 0 Å². The van der Waals surface area contributed by atoms with Gasteiger partial charge in [0.1, 0.15) is 11.4 Å². The topological polar surface area (TPSA) is 158 Å². The van der Waals surface area contributed by atoms with Crippen LogP contribution in [0.2, 0.25) is 0 Å². The molecule has 31 heavy (non-hydrogen) atoms. The Bertz CT molecular complexity index is 1160. The van der Waals surface area contributed by atoms with Crippen molar-refractivity contribution < 1.29 is 19.3 Å². The first-order chi connectivity index (χ1) is 14.8. The molecule has 12 heteroatoms. The molecule has 1 heterocycles. The number of aromatic nitrogens is 1. The third-order valence-corrected chi connectivity index (χ3v) is 4.22. The Morgan fingerprint density at radius 3 is 2.03 bits per heavy atom. The lowest BCUT2D eigenvalue weighted by Crippen LogP contribution is -2.37. The minimum atomic E-state index is -0.748. The van der Waals surface area contributed by atoms with Gasteiger partial charge in [-0.2, -0.15) is 9.67 Å². The zero-order valence-corrected chi connectivity index (χ0v) is 15.8. The summed E-state index contributed by atoms with van der Waals surface area (Å²) in [7, 11) is 0. The van der Waals surface area contributed by atoms with Crippen molar-refractivity contribution in [1.82, 2.24) is 0 Å². The summed E-state index contributed by atoms with van der Waals surface area (Å²) in [4.78, 5) is 31.1. The largest absolute Gasteiger partial charge is 0.301 e. The van der Waals surface area contributed by atoms with E-state index < -0.39 is 26.1 Å². The maximum absolute atomic E-state index is 11.3. The number of non-ortho nitro benzene ring substituents is 2. The van der Waals surface area contributed by atoms with Gasteiger partial charge in [0, 0.05) is 35.9 Å². The van der Waals surface area contributed by atoms with E-state index >= 15 is 0 Å². The fourth-order valence-electron chi connectivity index (χ4n) is 2.69. The number of nitrogens with one attached hydrogen (secondary N) is 1. The van der Waals surface area contributed by atoms with E-state index in [4.69, 9.17) is 0 Å². The predicted octanol–water partition coefficient (Wildman–Crippen LogP) is 3.22. The van der Waals surface area contributed by atoms with E-state index in [9.17, 15) is 30.3 Å². The van der Waals surface area contributed by atoms with E-state index in [2.05, 4.69) is 10.5 Å². The molecule has 0 saturated heterocycles. The molecule has 0 bridgehead atoms. The zero-order chi connectivity index (χ0) is 22.4. The lowest BCUT2D eigenvalue weighted by molar-refractivity contribution is -0.681. The van der Waals surface area contributed by atoms with Crippen molar-refractivity contribution in [1.29, 1.82) is 0 Å². The third kappa shape index (κ3) is 5.20. The number of anilines is 1. The Morgan fingerprint density at radius 2 is 1.45 bits per heavy atom. The van der Waals surface area contributed by atoms with E-state index in [-0.39, 0.29) is 17.9 Å². The van der Waals surface area contributed by atoms with Crippen LogP contribution in [0, 0.1) is 30.3 Å². The van der Waals surface area contributed by atoms with Gasteiger partial charge in [-0.25, -0.2) is 0 Å². The average molecular weight is 423 g/mol. The zero-order valence-electron chi connectivity index (χ0n) is 15.8. The summed E-state index contributed by atoms with van der Waals surface area (Å²) in [6.07, 6.45) is 3.57. The summed E-state index contributed by atoms with van der Waals surface area (Å²) in [6.45, 7) is 0.256. The van der Waals surface area contributed by atoms with E-state index in [1.807, 2.05) is 18.2 Å². The second-order valence-electron chi connectivity index (χ2n) is 6.24. The highest BCUT2D eigenvalue weighted by molar-refractivity contribution is 6.00. The van der Waals surface area contributed by atoms with Crippen molar-refractivity contribution in [3.63, 3.8) is 0 Å². The quantitative estimate of drug-likeness (QED) is 0.252. The van der Waals surface area contributed by atoms with Gasteiger partial charge in [0.15, 0.2) is 18.9 Å². The van der Waals surface area contributed by atoms with Gasteiger partial charge in [0.25, 0.3) is 11.4 Å². The fourth-order valence-corrected chi connectivity index (χ4v) is 2.69. The van der Waals surface area contributed by atoms with Gasteiger partial charge in [0.2, 0.25) is 0 Å². The number of nitro benzene ring substituents is 3. The van der Waals surface area contributed by atoms with Gasteiger partial charge in [-0.15, -0.1) is 0 Å². The van der Waals surface area contributed by atoms with Crippen LogP contribution in [0.4, 0.5) is 22.7 Å². The van der Waals surface area contributed by atoms with Gasteiger partial charge < -0.3 is 0 Å². The lowest BCUT2D eigenvalue weighted by atomic mass is 10.1. The van der Waals surface area contributed by atoms with Crippen LogP contribution < -0.4 is 9.99 Å². The maximum atomic E-state index is 11.3. The van der Waals surface area contributed by atoms with Gasteiger partial charge in [-0.1, -0.05) is 6.07 Å². The SMILES string of the molecule is O=[N+]([O-])c1ccc(/C(C[n+]2ccccc2)=N\Nc2ccc([N+](=O)[O-])cc2[N+](=O)[O-])cc1. The molecular weight excluding hydrogens is 408 g/mol. The summed E-state index contributed by atoms with van der Waals surface area (Å²) in [5, 5.41) is 37.4. The second-order valence-corrected chi connectivity index (χ2v) is 6.24. The molecule has 3 rings (SSSR count). The van der Waals surface area contributed by atoms with Crippen LogP contribution in [0.3, 0.4) is 0 Å². The van der Waals surface area contributed by atoms with Crippen molar-refractivity contribution in [2.24, 2.45) is 5.10 Å². The van der Waals surface area contributed by atoms with Crippen molar-refractivity contribution in [3.8, 4) is 0 Å².